The summed E-state index contributed by atoms with van der Waals surface area (Å²) in [6, 6.07) is 0. The lowest BCUT2D eigenvalue weighted by Gasteiger charge is -2.41. The summed E-state index contributed by atoms with van der Waals surface area (Å²) in [4.78, 5) is 26.8. The third kappa shape index (κ3) is 3.02. The molecule has 5 nitrogen and oxygen atoms in total. The van der Waals surface area contributed by atoms with Gasteiger partial charge in [0.25, 0.3) is 0 Å². The van der Waals surface area contributed by atoms with Crippen molar-refractivity contribution in [3.8, 4) is 0 Å². The van der Waals surface area contributed by atoms with Crippen LogP contribution >= 0.6 is 0 Å². The molecule has 0 bridgehead atoms. The van der Waals surface area contributed by atoms with E-state index in [9.17, 15) is 9.59 Å². The first-order chi connectivity index (χ1) is 8.58. The molecular weight excluding hydrogens is 232 g/mol. The van der Waals surface area contributed by atoms with Crippen molar-refractivity contribution in [3.63, 3.8) is 0 Å². The second-order valence-electron chi connectivity index (χ2n) is 5.52. The Morgan fingerprint density at radius 3 is 2.39 bits per heavy atom. The van der Waals surface area contributed by atoms with Crippen molar-refractivity contribution in [1.82, 2.24) is 9.80 Å². The molecule has 2 heterocycles. The zero-order valence-corrected chi connectivity index (χ0v) is 11.0. The largest absolute Gasteiger partial charge is 0.481 e. The van der Waals surface area contributed by atoms with E-state index in [2.05, 4.69) is 4.90 Å². The Labute approximate surface area is 108 Å². The lowest BCUT2D eigenvalue weighted by molar-refractivity contribution is -0.146. The van der Waals surface area contributed by atoms with Crippen molar-refractivity contribution in [2.75, 3.05) is 32.7 Å². The fourth-order valence-electron chi connectivity index (χ4n) is 2.69. The molecule has 18 heavy (non-hydrogen) atoms. The maximum atomic E-state index is 12.0. The number of carboxylic acids is 1. The maximum absolute atomic E-state index is 12.0. The van der Waals surface area contributed by atoms with E-state index in [1.54, 1.807) is 6.92 Å². The van der Waals surface area contributed by atoms with Gasteiger partial charge in [0.05, 0.1) is 12.5 Å². The number of piperidine rings is 1. The topological polar surface area (TPSA) is 60.9 Å². The van der Waals surface area contributed by atoms with E-state index in [4.69, 9.17) is 5.11 Å². The Balaban J connectivity index is 1.70. The molecule has 0 aromatic rings. The second kappa shape index (κ2) is 5.69. The molecule has 2 rings (SSSR count). The van der Waals surface area contributed by atoms with Crippen LogP contribution < -0.4 is 0 Å². The predicted octanol–water partition coefficient (Wildman–Crippen LogP) is 0.651. The summed E-state index contributed by atoms with van der Waals surface area (Å²) in [6.45, 7) is 5.48. The van der Waals surface area contributed by atoms with Gasteiger partial charge in [0.2, 0.25) is 5.91 Å². The van der Waals surface area contributed by atoms with Crippen molar-refractivity contribution >= 4 is 11.9 Å². The minimum Gasteiger partial charge on any atom is -0.481 e. The molecule has 1 atom stereocenters. The van der Waals surface area contributed by atoms with Crippen LogP contribution in [0.4, 0.5) is 0 Å². The fraction of sp³-hybridized carbons (Fsp3) is 0.846. The van der Waals surface area contributed by atoms with E-state index in [0.29, 0.717) is 6.54 Å². The number of carbonyl (C=O) groups excluding carboxylic acids is 1. The third-order valence-corrected chi connectivity index (χ3v) is 4.15. The number of hydrogen-bond acceptors (Lipinski definition) is 3. The standard InChI is InChI=1S/C13H22N2O3/c1-10(13(17)18)11-7-14(8-11)9-12(16)15-5-3-2-4-6-15/h10-11H,2-9H2,1H3,(H,17,18). The van der Waals surface area contributed by atoms with Gasteiger partial charge in [-0.3, -0.25) is 14.5 Å². The summed E-state index contributed by atoms with van der Waals surface area (Å²) in [7, 11) is 0. The molecule has 0 aromatic carbocycles. The summed E-state index contributed by atoms with van der Waals surface area (Å²) in [5, 5.41) is 8.90. The first-order valence-corrected chi connectivity index (χ1v) is 6.81. The van der Waals surface area contributed by atoms with Crippen LogP contribution in [-0.2, 0) is 9.59 Å². The first-order valence-electron chi connectivity index (χ1n) is 6.81. The Morgan fingerprint density at radius 2 is 1.83 bits per heavy atom. The van der Waals surface area contributed by atoms with Crippen LogP contribution in [0.25, 0.3) is 0 Å². The molecule has 5 heteroatoms. The van der Waals surface area contributed by atoms with E-state index in [-0.39, 0.29) is 17.7 Å². The van der Waals surface area contributed by atoms with Gasteiger partial charge >= 0.3 is 5.97 Å². The lowest BCUT2D eigenvalue weighted by Crippen LogP contribution is -2.54. The normalized spacial score (nSPS) is 23.5. The molecule has 0 aliphatic carbocycles. The number of amides is 1. The van der Waals surface area contributed by atoms with E-state index in [1.807, 2.05) is 4.90 Å². The Morgan fingerprint density at radius 1 is 1.22 bits per heavy atom. The van der Waals surface area contributed by atoms with Crippen molar-refractivity contribution < 1.29 is 14.7 Å². The van der Waals surface area contributed by atoms with Gasteiger partial charge in [0.1, 0.15) is 0 Å². The summed E-state index contributed by atoms with van der Waals surface area (Å²) in [5.41, 5.74) is 0. The SMILES string of the molecule is CC(C(=O)O)C1CN(CC(=O)N2CCCCC2)C1. The number of nitrogens with zero attached hydrogens (tertiary/aromatic N) is 2. The Kier molecular flexibility index (Phi) is 4.22. The Bertz CT molecular complexity index is 320. The molecular formula is C13H22N2O3. The van der Waals surface area contributed by atoms with Crippen molar-refractivity contribution in [2.24, 2.45) is 11.8 Å². The highest BCUT2D eigenvalue weighted by atomic mass is 16.4. The third-order valence-electron chi connectivity index (χ3n) is 4.15. The van der Waals surface area contributed by atoms with E-state index in [0.717, 1.165) is 39.0 Å². The monoisotopic (exact) mass is 254 g/mol. The van der Waals surface area contributed by atoms with Crippen LogP contribution in [0, 0.1) is 11.8 Å². The van der Waals surface area contributed by atoms with Crippen LogP contribution in [0.1, 0.15) is 26.2 Å². The molecule has 102 valence electrons. The second-order valence-corrected chi connectivity index (χ2v) is 5.52. The average Bonchev–Trinajstić information content (AvgIpc) is 2.33. The summed E-state index contributed by atoms with van der Waals surface area (Å²) in [5.74, 6) is -0.624. The highest BCUT2D eigenvalue weighted by molar-refractivity contribution is 5.78. The van der Waals surface area contributed by atoms with Gasteiger partial charge in [-0.1, -0.05) is 6.92 Å². The highest BCUT2D eigenvalue weighted by Crippen LogP contribution is 2.24. The molecule has 2 aliphatic rings. The molecule has 2 fully saturated rings. The number of carbonyl (C=O) groups is 2. The van der Waals surface area contributed by atoms with Gasteiger partial charge in [-0.2, -0.15) is 0 Å². The zero-order valence-electron chi connectivity index (χ0n) is 11.0. The van der Waals surface area contributed by atoms with E-state index >= 15 is 0 Å². The minimum absolute atomic E-state index is 0.205. The number of carboxylic acid groups (broad SMARTS) is 1. The van der Waals surface area contributed by atoms with Crippen LogP contribution in [0.3, 0.4) is 0 Å². The molecule has 1 N–H and O–H groups in total. The molecule has 0 spiro atoms. The first kappa shape index (κ1) is 13.3. The van der Waals surface area contributed by atoms with Crippen LogP contribution in [0.5, 0.6) is 0 Å². The van der Waals surface area contributed by atoms with Gasteiger partial charge in [-0.15, -0.1) is 0 Å². The van der Waals surface area contributed by atoms with Gasteiger partial charge in [0.15, 0.2) is 0 Å². The number of likely N-dealkylation sites (tertiary alicyclic amines) is 2. The molecule has 1 amide bonds. The number of aliphatic carboxylic acids is 1. The van der Waals surface area contributed by atoms with Gasteiger partial charge in [-0.25, -0.2) is 0 Å². The van der Waals surface area contributed by atoms with Crippen molar-refractivity contribution in [3.05, 3.63) is 0 Å². The Hall–Kier alpha value is -1.10. The zero-order chi connectivity index (χ0) is 13.1. The molecule has 0 aromatic heterocycles. The van der Waals surface area contributed by atoms with Gasteiger partial charge in [0, 0.05) is 26.2 Å². The van der Waals surface area contributed by atoms with Crippen LogP contribution in [-0.4, -0.2) is 59.5 Å². The summed E-state index contributed by atoms with van der Waals surface area (Å²) >= 11 is 0. The predicted molar refractivity (Wildman–Crippen MR) is 67.2 cm³/mol. The van der Waals surface area contributed by atoms with Gasteiger partial charge in [-0.05, 0) is 25.2 Å². The van der Waals surface area contributed by atoms with E-state index in [1.165, 1.54) is 6.42 Å². The molecule has 2 aliphatic heterocycles. The average molecular weight is 254 g/mol. The smallest absolute Gasteiger partial charge is 0.306 e. The number of hydrogen-bond donors (Lipinski definition) is 1. The highest BCUT2D eigenvalue weighted by Gasteiger charge is 2.35. The summed E-state index contributed by atoms with van der Waals surface area (Å²) in [6.07, 6.45) is 3.46. The fourth-order valence-corrected chi connectivity index (χ4v) is 2.69. The van der Waals surface area contributed by atoms with Crippen LogP contribution in [0.2, 0.25) is 0 Å². The minimum atomic E-state index is -0.734. The van der Waals surface area contributed by atoms with Crippen molar-refractivity contribution in [1.29, 1.82) is 0 Å². The van der Waals surface area contributed by atoms with E-state index < -0.39 is 5.97 Å². The summed E-state index contributed by atoms with van der Waals surface area (Å²) < 4.78 is 0. The van der Waals surface area contributed by atoms with Crippen molar-refractivity contribution in [2.45, 2.75) is 26.2 Å². The molecule has 0 saturated carbocycles. The lowest BCUT2D eigenvalue weighted by atomic mass is 9.87. The van der Waals surface area contributed by atoms with Gasteiger partial charge < -0.3 is 10.0 Å². The quantitative estimate of drug-likeness (QED) is 0.800. The maximum Gasteiger partial charge on any atom is 0.306 e. The molecule has 1 unspecified atom stereocenters. The number of rotatable bonds is 4. The molecule has 0 radical (unpaired) electrons. The molecule has 2 saturated heterocycles. The van der Waals surface area contributed by atoms with Crippen LogP contribution in [0.15, 0.2) is 0 Å².